The minimum Gasteiger partial charge on any atom is -0.399 e. The molecule has 0 aliphatic heterocycles. The molecule has 0 bridgehead atoms. The Labute approximate surface area is 110 Å². The molecule has 3 aromatic rings. The molecule has 0 atom stereocenters. The molecule has 6 N–H and O–H groups in total. The maximum atomic E-state index is 5.82. The number of nitrogens with zero attached hydrogens (tertiary/aromatic N) is 2. The first-order valence-corrected chi connectivity index (χ1v) is 5.82. The second-order valence-electron chi connectivity index (χ2n) is 4.32. The van der Waals surface area contributed by atoms with Gasteiger partial charge in [-0.1, -0.05) is 18.2 Å². The van der Waals surface area contributed by atoms with Crippen molar-refractivity contribution < 1.29 is 0 Å². The first-order chi connectivity index (χ1) is 9.13. The normalized spacial score (nSPS) is 10.7. The smallest absolute Gasteiger partial charge is 0.222 e. The van der Waals surface area contributed by atoms with E-state index in [1.807, 2.05) is 42.5 Å². The molecular weight excluding hydrogens is 238 g/mol. The van der Waals surface area contributed by atoms with Crippen LogP contribution in [0.1, 0.15) is 0 Å². The molecule has 0 aliphatic rings. The third-order valence-corrected chi connectivity index (χ3v) is 2.99. The van der Waals surface area contributed by atoms with E-state index in [9.17, 15) is 0 Å². The largest absolute Gasteiger partial charge is 0.399 e. The van der Waals surface area contributed by atoms with E-state index in [2.05, 4.69) is 9.97 Å². The number of aromatic nitrogens is 2. The predicted octanol–water partition coefficient (Wildman–Crippen LogP) is 2.04. The number of benzene rings is 2. The van der Waals surface area contributed by atoms with Gasteiger partial charge in [0.2, 0.25) is 5.95 Å². The van der Waals surface area contributed by atoms with Crippen LogP contribution in [0.3, 0.4) is 0 Å². The van der Waals surface area contributed by atoms with Crippen LogP contribution in [0.25, 0.3) is 22.0 Å². The van der Waals surface area contributed by atoms with Gasteiger partial charge in [-0.3, -0.25) is 0 Å². The lowest BCUT2D eigenvalue weighted by Gasteiger charge is -2.06. The molecule has 1 heterocycles. The molecule has 0 spiro atoms. The van der Waals surface area contributed by atoms with Gasteiger partial charge in [-0.05, 0) is 35.4 Å². The predicted molar refractivity (Wildman–Crippen MR) is 78.2 cm³/mol. The van der Waals surface area contributed by atoms with Crippen LogP contribution in [0.5, 0.6) is 0 Å². The summed E-state index contributed by atoms with van der Waals surface area (Å²) in [6.07, 6.45) is 0. The average Bonchev–Trinajstić information content (AvgIpc) is 2.38. The molecule has 1 aromatic heterocycles. The van der Waals surface area contributed by atoms with Gasteiger partial charge in [-0.2, -0.15) is 4.98 Å². The molecule has 94 valence electrons. The van der Waals surface area contributed by atoms with E-state index in [0.29, 0.717) is 5.82 Å². The highest BCUT2D eigenvalue weighted by Crippen LogP contribution is 2.26. The van der Waals surface area contributed by atoms with Crippen LogP contribution < -0.4 is 17.2 Å². The average molecular weight is 251 g/mol. The van der Waals surface area contributed by atoms with Crippen molar-refractivity contribution in [1.29, 1.82) is 0 Å². The van der Waals surface area contributed by atoms with Gasteiger partial charge in [-0.15, -0.1) is 0 Å². The molecule has 0 fully saturated rings. The summed E-state index contributed by atoms with van der Waals surface area (Å²) in [5, 5.41) is 0.799. The fourth-order valence-electron chi connectivity index (χ4n) is 2.03. The minimum absolute atomic E-state index is 0.180. The van der Waals surface area contributed by atoms with Gasteiger partial charge < -0.3 is 17.2 Å². The van der Waals surface area contributed by atoms with Crippen LogP contribution in [0.4, 0.5) is 17.5 Å². The first kappa shape index (κ1) is 11.3. The molecule has 3 rings (SSSR count). The molecule has 2 aromatic carbocycles. The summed E-state index contributed by atoms with van der Waals surface area (Å²) in [6, 6.07) is 13.5. The van der Waals surface area contributed by atoms with Crippen molar-refractivity contribution in [3.05, 3.63) is 42.5 Å². The molecule has 5 nitrogen and oxygen atoms in total. The summed E-state index contributed by atoms with van der Waals surface area (Å²) >= 11 is 0. The summed E-state index contributed by atoms with van der Waals surface area (Å²) in [5.74, 6) is 0.575. The summed E-state index contributed by atoms with van der Waals surface area (Å²) in [7, 11) is 0. The summed E-state index contributed by atoms with van der Waals surface area (Å²) in [6.45, 7) is 0. The molecule has 0 aliphatic carbocycles. The Balaban J connectivity index is 2.18. The second kappa shape index (κ2) is 4.13. The lowest BCUT2D eigenvalue weighted by atomic mass is 10.0. The quantitative estimate of drug-likeness (QED) is 0.574. The monoisotopic (exact) mass is 251 g/mol. The second-order valence-corrected chi connectivity index (χ2v) is 4.32. The van der Waals surface area contributed by atoms with Crippen molar-refractivity contribution in [3.8, 4) is 11.1 Å². The fraction of sp³-hybridized carbons (Fsp3) is 0. The zero-order valence-corrected chi connectivity index (χ0v) is 10.2. The lowest BCUT2D eigenvalue weighted by molar-refractivity contribution is 1.25. The van der Waals surface area contributed by atoms with Crippen molar-refractivity contribution >= 4 is 28.4 Å². The van der Waals surface area contributed by atoms with Gasteiger partial charge in [0.15, 0.2) is 0 Å². The van der Waals surface area contributed by atoms with Gasteiger partial charge in [-0.25, -0.2) is 4.98 Å². The van der Waals surface area contributed by atoms with E-state index < -0.39 is 0 Å². The molecular formula is C14H13N5. The van der Waals surface area contributed by atoms with Crippen LogP contribution >= 0.6 is 0 Å². The van der Waals surface area contributed by atoms with Crippen LogP contribution in [-0.2, 0) is 0 Å². The summed E-state index contributed by atoms with van der Waals surface area (Å²) in [4.78, 5) is 8.15. The van der Waals surface area contributed by atoms with Gasteiger partial charge in [0.05, 0.1) is 5.52 Å². The zero-order chi connectivity index (χ0) is 13.4. The van der Waals surface area contributed by atoms with Crippen LogP contribution in [0.15, 0.2) is 42.5 Å². The van der Waals surface area contributed by atoms with E-state index in [0.717, 1.165) is 27.7 Å². The standard InChI is InChI=1S/C14H13N5/c15-10-4-1-8(2-5-10)9-3-6-11-12(7-9)18-14(17)19-13(11)16/h1-7H,15H2,(H4,16,17,18,19). The Morgan fingerprint density at radius 2 is 1.42 bits per heavy atom. The van der Waals surface area contributed by atoms with Gasteiger partial charge in [0.1, 0.15) is 5.82 Å². The van der Waals surface area contributed by atoms with E-state index in [-0.39, 0.29) is 5.95 Å². The Morgan fingerprint density at radius 1 is 0.737 bits per heavy atom. The Morgan fingerprint density at radius 3 is 2.16 bits per heavy atom. The third kappa shape index (κ3) is 2.01. The zero-order valence-electron chi connectivity index (χ0n) is 10.2. The number of anilines is 3. The highest BCUT2D eigenvalue weighted by atomic mass is 15.0. The van der Waals surface area contributed by atoms with E-state index in [4.69, 9.17) is 17.2 Å². The Kier molecular flexibility index (Phi) is 2.45. The maximum Gasteiger partial charge on any atom is 0.222 e. The summed E-state index contributed by atoms with van der Waals surface area (Å²) < 4.78 is 0. The molecule has 19 heavy (non-hydrogen) atoms. The van der Waals surface area contributed by atoms with Crippen molar-refractivity contribution in [2.24, 2.45) is 0 Å². The Hall–Kier alpha value is -2.82. The first-order valence-electron chi connectivity index (χ1n) is 5.82. The number of hydrogen-bond acceptors (Lipinski definition) is 5. The van der Waals surface area contributed by atoms with E-state index >= 15 is 0 Å². The molecule has 0 radical (unpaired) electrons. The Bertz CT molecular complexity index is 750. The fourth-order valence-corrected chi connectivity index (χ4v) is 2.03. The topological polar surface area (TPSA) is 104 Å². The van der Waals surface area contributed by atoms with Gasteiger partial charge in [0, 0.05) is 11.1 Å². The SMILES string of the molecule is Nc1ccc(-c2ccc3c(N)nc(N)nc3c2)cc1. The minimum atomic E-state index is 0.180. The highest BCUT2D eigenvalue weighted by molar-refractivity contribution is 5.92. The molecule has 0 amide bonds. The number of fused-ring (bicyclic) bond motifs is 1. The number of nitrogens with two attached hydrogens (primary N) is 3. The van der Waals surface area contributed by atoms with Crippen LogP contribution in [0, 0.1) is 0 Å². The van der Waals surface area contributed by atoms with Crippen LogP contribution in [0.2, 0.25) is 0 Å². The van der Waals surface area contributed by atoms with Crippen molar-refractivity contribution in [1.82, 2.24) is 9.97 Å². The van der Waals surface area contributed by atoms with Crippen molar-refractivity contribution in [2.45, 2.75) is 0 Å². The molecule has 0 unspecified atom stereocenters. The van der Waals surface area contributed by atoms with Gasteiger partial charge in [0.25, 0.3) is 0 Å². The number of hydrogen-bond donors (Lipinski definition) is 3. The molecule has 0 saturated carbocycles. The van der Waals surface area contributed by atoms with E-state index in [1.165, 1.54) is 0 Å². The lowest BCUT2D eigenvalue weighted by Crippen LogP contribution is -2.00. The number of rotatable bonds is 1. The number of nitrogen functional groups attached to an aromatic ring is 3. The van der Waals surface area contributed by atoms with Crippen LogP contribution in [-0.4, -0.2) is 9.97 Å². The molecule has 0 saturated heterocycles. The molecule has 5 heteroatoms. The van der Waals surface area contributed by atoms with Gasteiger partial charge >= 0.3 is 0 Å². The highest BCUT2D eigenvalue weighted by Gasteiger charge is 2.05. The summed E-state index contributed by atoms with van der Waals surface area (Å²) in [5.41, 5.74) is 20.7. The van der Waals surface area contributed by atoms with E-state index in [1.54, 1.807) is 0 Å². The van der Waals surface area contributed by atoms with Crippen molar-refractivity contribution in [2.75, 3.05) is 17.2 Å². The van der Waals surface area contributed by atoms with Crippen molar-refractivity contribution in [3.63, 3.8) is 0 Å². The third-order valence-electron chi connectivity index (χ3n) is 2.99. The maximum absolute atomic E-state index is 5.82.